The van der Waals surface area contributed by atoms with Crippen LogP contribution in [0.3, 0.4) is 0 Å². The summed E-state index contributed by atoms with van der Waals surface area (Å²) in [6.07, 6.45) is 0.0898. The minimum Gasteiger partial charge on any atom is -0.493 e. The van der Waals surface area contributed by atoms with Crippen LogP contribution in [-0.4, -0.2) is 83.4 Å². The molecule has 0 aliphatic carbocycles. The largest absolute Gasteiger partial charge is 0.493 e. The van der Waals surface area contributed by atoms with Gasteiger partial charge in [-0.1, -0.05) is 36.4 Å². The lowest BCUT2D eigenvalue weighted by Gasteiger charge is -2.41. The number of benzene rings is 2. The van der Waals surface area contributed by atoms with Crippen molar-refractivity contribution in [3.05, 3.63) is 65.7 Å². The van der Waals surface area contributed by atoms with Crippen molar-refractivity contribution in [1.29, 1.82) is 5.26 Å². The number of fused-ring (bicyclic) bond motifs is 1. The Kier molecular flexibility index (Phi) is 10.0. The first kappa shape index (κ1) is 34.0. The SMILES string of the molecule is CN1N=C2CCN(C(=O)[C@@H](CCOc3cccc(C#N)c3)NC(=O)C(C)(C)NC(=O)OC(C)(C)C)C[C@@]2(Cc2ccccc2)C1=O. The highest BCUT2D eigenvalue weighted by atomic mass is 16.6. The van der Waals surface area contributed by atoms with Gasteiger partial charge in [0.25, 0.3) is 5.91 Å². The number of piperidine rings is 1. The number of rotatable bonds is 10. The summed E-state index contributed by atoms with van der Waals surface area (Å²) < 4.78 is 11.2. The second-order valence-corrected chi connectivity index (χ2v) is 13.2. The van der Waals surface area contributed by atoms with E-state index in [1.165, 1.54) is 18.9 Å². The van der Waals surface area contributed by atoms with Crippen LogP contribution in [0.15, 0.2) is 59.7 Å². The van der Waals surface area contributed by atoms with Crippen molar-refractivity contribution in [3.8, 4) is 11.8 Å². The van der Waals surface area contributed by atoms with E-state index in [0.29, 0.717) is 30.7 Å². The molecule has 0 bridgehead atoms. The zero-order valence-corrected chi connectivity index (χ0v) is 27.3. The number of nitrogens with one attached hydrogen (secondary N) is 2. The molecule has 12 nitrogen and oxygen atoms in total. The third kappa shape index (κ3) is 8.02. The molecule has 2 aromatic rings. The number of carbonyl (C=O) groups is 4. The number of alkyl carbamates (subject to hydrolysis) is 1. The smallest absolute Gasteiger partial charge is 0.408 e. The van der Waals surface area contributed by atoms with E-state index in [0.717, 1.165) is 11.3 Å². The maximum atomic E-state index is 14.2. The summed E-state index contributed by atoms with van der Waals surface area (Å²) in [6.45, 7) is 8.63. The molecule has 1 fully saturated rings. The third-order valence-corrected chi connectivity index (χ3v) is 7.89. The van der Waals surface area contributed by atoms with Crippen LogP contribution in [0.4, 0.5) is 4.79 Å². The summed E-state index contributed by atoms with van der Waals surface area (Å²) >= 11 is 0. The van der Waals surface area contributed by atoms with E-state index in [1.807, 2.05) is 30.3 Å². The Bertz CT molecular complexity index is 1540. The molecule has 244 valence electrons. The van der Waals surface area contributed by atoms with Gasteiger partial charge in [-0.05, 0) is 64.8 Å². The molecule has 2 N–H and O–H groups in total. The van der Waals surface area contributed by atoms with Gasteiger partial charge in [0.15, 0.2) is 0 Å². The average molecular weight is 631 g/mol. The normalized spacial score (nSPS) is 18.5. The van der Waals surface area contributed by atoms with Gasteiger partial charge in [0, 0.05) is 33.0 Å². The first-order chi connectivity index (χ1) is 21.6. The van der Waals surface area contributed by atoms with Crippen LogP contribution in [0.1, 0.15) is 58.6 Å². The van der Waals surface area contributed by atoms with Crippen molar-refractivity contribution in [2.45, 2.75) is 71.1 Å². The van der Waals surface area contributed by atoms with Crippen molar-refractivity contribution in [1.82, 2.24) is 20.5 Å². The zero-order valence-electron chi connectivity index (χ0n) is 27.3. The summed E-state index contributed by atoms with van der Waals surface area (Å²) in [6, 6.07) is 17.3. The van der Waals surface area contributed by atoms with Gasteiger partial charge < -0.3 is 25.0 Å². The average Bonchev–Trinajstić information content (AvgIpc) is 3.23. The molecular weight excluding hydrogens is 588 g/mol. The number of amides is 4. The number of hydrazone groups is 1. The highest BCUT2D eigenvalue weighted by Gasteiger charge is 2.54. The molecule has 2 aliphatic rings. The van der Waals surface area contributed by atoms with Crippen LogP contribution >= 0.6 is 0 Å². The van der Waals surface area contributed by atoms with Gasteiger partial charge in [-0.15, -0.1) is 0 Å². The van der Waals surface area contributed by atoms with Crippen molar-refractivity contribution in [2.24, 2.45) is 10.5 Å². The van der Waals surface area contributed by atoms with Crippen molar-refractivity contribution in [3.63, 3.8) is 0 Å². The molecular formula is C34H42N6O6. The number of carbonyl (C=O) groups excluding carboxylic acids is 4. The second-order valence-electron chi connectivity index (χ2n) is 13.2. The van der Waals surface area contributed by atoms with E-state index >= 15 is 0 Å². The predicted molar refractivity (Wildman–Crippen MR) is 171 cm³/mol. The summed E-state index contributed by atoms with van der Waals surface area (Å²) in [5, 5.41) is 20.5. The lowest BCUT2D eigenvalue weighted by Crippen LogP contribution is -2.62. The van der Waals surface area contributed by atoms with E-state index in [4.69, 9.17) is 9.47 Å². The minimum absolute atomic E-state index is 0.0445. The van der Waals surface area contributed by atoms with Gasteiger partial charge in [-0.2, -0.15) is 10.4 Å². The Morgan fingerprint density at radius 2 is 1.80 bits per heavy atom. The maximum Gasteiger partial charge on any atom is 0.408 e. The molecule has 0 aromatic heterocycles. The van der Waals surface area contributed by atoms with E-state index < -0.39 is 34.6 Å². The molecule has 46 heavy (non-hydrogen) atoms. The highest BCUT2D eigenvalue weighted by molar-refractivity contribution is 6.13. The maximum absolute atomic E-state index is 14.2. The van der Waals surface area contributed by atoms with Crippen LogP contribution in [0.2, 0.25) is 0 Å². The van der Waals surface area contributed by atoms with E-state index in [1.54, 1.807) is 57.0 Å². The first-order valence-electron chi connectivity index (χ1n) is 15.3. The second kappa shape index (κ2) is 13.6. The highest BCUT2D eigenvalue weighted by Crippen LogP contribution is 2.38. The predicted octanol–water partition coefficient (Wildman–Crippen LogP) is 3.40. The Hall–Kier alpha value is -4.92. The van der Waals surface area contributed by atoms with Crippen LogP contribution in [-0.2, 0) is 25.5 Å². The molecule has 0 unspecified atom stereocenters. The summed E-state index contributed by atoms with van der Waals surface area (Å²) in [7, 11) is 1.62. The monoisotopic (exact) mass is 630 g/mol. The van der Waals surface area contributed by atoms with Crippen LogP contribution in [0, 0.1) is 16.7 Å². The Labute approximate surface area is 269 Å². The third-order valence-electron chi connectivity index (χ3n) is 7.89. The standard InChI is InChI=1S/C34H42N6O6/c1-32(2,3)46-31(44)37-33(4,5)29(42)36-26(16-18-45-25-14-10-13-24(19-25)21-35)28(41)40-17-15-27-34(22-40,30(43)39(6)38-27)20-23-11-8-7-9-12-23/h7-14,19,26H,15-18,20,22H2,1-6H3,(H,36,42)(H,37,44)/t26-,34-/m1/s1. The topological polar surface area (TPSA) is 153 Å². The van der Waals surface area contributed by atoms with Gasteiger partial charge in [0.05, 0.1) is 24.0 Å². The number of nitriles is 1. The zero-order chi connectivity index (χ0) is 33.7. The van der Waals surface area contributed by atoms with Gasteiger partial charge in [0.1, 0.15) is 28.3 Å². The molecule has 2 aromatic carbocycles. The molecule has 2 atom stereocenters. The van der Waals surface area contributed by atoms with Crippen LogP contribution in [0.5, 0.6) is 5.75 Å². The van der Waals surface area contributed by atoms with Crippen LogP contribution < -0.4 is 15.4 Å². The number of ether oxygens (including phenoxy) is 2. The number of nitrogens with zero attached hydrogens (tertiary/aromatic N) is 4. The molecule has 1 saturated heterocycles. The van der Waals surface area contributed by atoms with Crippen molar-refractivity contribution < 1.29 is 28.7 Å². The molecule has 2 heterocycles. The minimum atomic E-state index is -1.43. The molecule has 4 amide bonds. The molecule has 12 heteroatoms. The summed E-state index contributed by atoms with van der Waals surface area (Å²) in [5.74, 6) is -0.723. The van der Waals surface area contributed by atoms with Gasteiger partial charge in [-0.3, -0.25) is 14.4 Å². The van der Waals surface area contributed by atoms with E-state index in [-0.39, 0.29) is 31.4 Å². The summed E-state index contributed by atoms with van der Waals surface area (Å²) in [4.78, 5) is 55.5. The van der Waals surface area contributed by atoms with E-state index in [9.17, 15) is 24.4 Å². The fraction of sp³-hybridized carbons (Fsp3) is 0.471. The summed E-state index contributed by atoms with van der Waals surface area (Å²) in [5.41, 5.74) is -1.12. The van der Waals surface area contributed by atoms with Gasteiger partial charge in [0.2, 0.25) is 11.8 Å². The van der Waals surface area contributed by atoms with Crippen molar-refractivity contribution >= 4 is 29.5 Å². The molecule has 2 aliphatic heterocycles. The van der Waals surface area contributed by atoms with E-state index in [2.05, 4.69) is 21.8 Å². The molecule has 0 radical (unpaired) electrons. The molecule has 0 spiro atoms. The Morgan fingerprint density at radius 3 is 2.48 bits per heavy atom. The Morgan fingerprint density at radius 1 is 1.09 bits per heavy atom. The molecule has 4 rings (SSSR count). The van der Waals surface area contributed by atoms with Crippen LogP contribution in [0.25, 0.3) is 0 Å². The lowest BCUT2D eigenvalue weighted by atomic mass is 9.73. The molecule has 0 saturated carbocycles. The number of likely N-dealkylation sites (tertiary alicyclic amines) is 1. The quantitative estimate of drug-likeness (QED) is 0.408. The fourth-order valence-corrected chi connectivity index (χ4v) is 5.60. The first-order valence-corrected chi connectivity index (χ1v) is 15.3. The lowest BCUT2D eigenvalue weighted by molar-refractivity contribution is -0.142. The Balaban J connectivity index is 1.56. The van der Waals surface area contributed by atoms with Gasteiger partial charge in [-0.25, -0.2) is 9.80 Å². The number of hydrogen-bond acceptors (Lipinski definition) is 8. The van der Waals surface area contributed by atoms with Crippen molar-refractivity contribution in [2.75, 3.05) is 26.7 Å². The fourth-order valence-electron chi connectivity index (χ4n) is 5.60. The van der Waals surface area contributed by atoms with Gasteiger partial charge >= 0.3 is 6.09 Å². The number of hydrogen-bond donors (Lipinski definition) is 2.